The second-order valence-electron chi connectivity index (χ2n) is 7.65. The standard InChI is InChI=1S/C18H23N3OS/c19-17(23)21(15-4-2-1-3-5-15)20-16(22)18-9-12-6-13(10-18)8-14(7-12)11-18/h1-5,12-14H,6-11H2,(H2,19,23)(H,20,22). The van der Waals surface area contributed by atoms with E-state index in [1.54, 1.807) is 5.01 Å². The number of nitrogens with one attached hydrogen (secondary N) is 1. The van der Waals surface area contributed by atoms with Crippen LogP contribution in [0.4, 0.5) is 5.69 Å². The van der Waals surface area contributed by atoms with Crippen LogP contribution in [0, 0.1) is 23.2 Å². The molecule has 0 aromatic heterocycles. The highest BCUT2D eigenvalue weighted by atomic mass is 32.1. The molecule has 1 aromatic carbocycles. The maximum Gasteiger partial charge on any atom is 0.245 e. The molecular formula is C18H23N3OS. The van der Waals surface area contributed by atoms with Crippen LogP contribution in [-0.2, 0) is 4.79 Å². The van der Waals surface area contributed by atoms with Crippen molar-refractivity contribution in [3.05, 3.63) is 30.3 Å². The van der Waals surface area contributed by atoms with Gasteiger partial charge in [-0.25, -0.2) is 5.01 Å². The number of thiocarbonyl (C=S) groups is 1. The fourth-order valence-electron chi connectivity index (χ4n) is 5.43. The van der Waals surface area contributed by atoms with Crippen molar-refractivity contribution in [2.24, 2.45) is 28.9 Å². The summed E-state index contributed by atoms with van der Waals surface area (Å²) in [6.07, 6.45) is 7.07. The third-order valence-corrected chi connectivity index (χ3v) is 6.15. The molecule has 4 bridgehead atoms. The van der Waals surface area contributed by atoms with Crippen molar-refractivity contribution in [1.29, 1.82) is 0 Å². The largest absolute Gasteiger partial charge is 0.374 e. The van der Waals surface area contributed by atoms with Crippen molar-refractivity contribution in [2.45, 2.75) is 38.5 Å². The molecule has 0 saturated heterocycles. The fraction of sp³-hybridized carbons (Fsp3) is 0.556. The summed E-state index contributed by atoms with van der Waals surface area (Å²) in [6, 6.07) is 9.56. The Morgan fingerprint density at radius 2 is 1.61 bits per heavy atom. The monoisotopic (exact) mass is 329 g/mol. The lowest BCUT2D eigenvalue weighted by atomic mass is 9.49. The first-order valence-electron chi connectivity index (χ1n) is 8.51. The quantitative estimate of drug-likeness (QED) is 0.647. The van der Waals surface area contributed by atoms with Crippen LogP contribution in [0.5, 0.6) is 0 Å². The van der Waals surface area contributed by atoms with Crippen LogP contribution in [0.15, 0.2) is 30.3 Å². The average molecular weight is 329 g/mol. The highest BCUT2D eigenvalue weighted by molar-refractivity contribution is 7.80. The Hall–Kier alpha value is -1.62. The van der Waals surface area contributed by atoms with Crippen LogP contribution in [-0.4, -0.2) is 11.0 Å². The molecule has 0 atom stereocenters. The molecule has 0 heterocycles. The van der Waals surface area contributed by atoms with E-state index in [2.05, 4.69) is 5.43 Å². The van der Waals surface area contributed by atoms with E-state index in [0.717, 1.165) is 42.7 Å². The van der Waals surface area contributed by atoms with Crippen LogP contribution >= 0.6 is 12.2 Å². The van der Waals surface area contributed by atoms with Crippen LogP contribution in [0.25, 0.3) is 0 Å². The van der Waals surface area contributed by atoms with Crippen LogP contribution in [0.3, 0.4) is 0 Å². The van der Waals surface area contributed by atoms with Gasteiger partial charge in [0.2, 0.25) is 5.91 Å². The van der Waals surface area contributed by atoms with Crippen molar-refractivity contribution in [2.75, 3.05) is 5.01 Å². The zero-order chi connectivity index (χ0) is 16.0. The van der Waals surface area contributed by atoms with Gasteiger partial charge in [0, 0.05) is 0 Å². The molecule has 4 aliphatic carbocycles. The van der Waals surface area contributed by atoms with Crippen LogP contribution in [0.1, 0.15) is 38.5 Å². The number of hydrogen-bond acceptors (Lipinski definition) is 2. The predicted molar refractivity (Wildman–Crippen MR) is 94.5 cm³/mol. The number of benzene rings is 1. The van der Waals surface area contributed by atoms with Gasteiger partial charge in [-0.3, -0.25) is 10.2 Å². The topological polar surface area (TPSA) is 58.4 Å². The number of anilines is 1. The molecule has 5 rings (SSSR count). The van der Waals surface area contributed by atoms with E-state index in [4.69, 9.17) is 18.0 Å². The molecule has 1 aromatic rings. The summed E-state index contributed by atoms with van der Waals surface area (Å²) < 4.78 is 0. The second kappa shape index (κ2) is 5.48. The Bertz CT molecular complexity index is 595. The molecule has 0 spiro atoms. The number of amides is 1. The maximum absolute atomic E-state index is 13.1. The zero-order valence-corrected chi connectivity index (χ0v) is 14.0. The lowest BCUT2D eigenvalue weighted by molar-refractivity contribution is -0.146. The van der Waals surface area contributed by atoms with Crippen LogP contribution < -0.4 is 16.2 Å². The lowest BCUT2D eigenvalue weighted by Crippen LogP contribution is -2.58. The van der Waals surface area contributed by atoms with Gasteiger partial charge in [0.15, 0.2) is 5.11 Å². The zero-order valence-electron chi connectivity index (χ0n) is 13.2. The number of nitrogens with zero attached hydrogens (tertiary/aromatic N) is 1. The first-order chi connectivity index (χ1) is 11.1. The Morgan fingerprint density at radius 3 is 2.09 bits per heavy atom. The van der Waals surface area contributed by atoms with Crippen molar-refractivity contribution < 1.29 is 4.79 Å². The Labute approximate surface area is 142 Å². The first kappa shape index (κ1) is 14.9. The highest BCUT2D eigenvalue weighted by Crippen LogP contribution is 2.60. The normalized spacial score (nSPS) is 34.2. The Morgan fingerprint density at radius 1 is 1.09 bits per heavy atom. The van der Waals surface area contributed by atoms with E-state index in [9.17, 15) is 4.79 Å². The minimum atomic E-state index is -0.202. The molecule has 4 fully saturated rings. The number of carbonyl (C=O) groups is 1. The van der Waals surface area contributed by atoms with Gasteiger partial charge in [-0.05, 0) is 80.6 Å². The van der Waals surface area contributed by atoms with Crippen LogP contribution in [0.2, 0.25) is 0 Å². The molecule has 23 heavy (non-hydrogen) atoms. The number of hydrazine groups is 1. The molecule has 0 radical (unpaired) electrons. The molecule has 4 aliphatic rings. The van der Waals surface area contributed by atoms with E-state index in [1.165, 1.54) is 19.3 Å². The van der Waals surface area contributed by atoms with Crippen molar-refractivity contribution in [3.8, 4) is 0 Å². The number of nitrogens with two attached hydrogens (primary N) is 1. The summed E-state index contributed by atoms with van der Waals surface area (Å²) in [6.45, 7) is 0. The fourth-order valence-corrected chi connectivity index (χ4v) is 5.58. The van der Waals surface area contributed by atoms with Gasteiger partial charge >= 0.3 is 0 Å². The van der Waals surface area contributed by atoms with E-state index in [-0.39, 0.29) is 16.4 Å². The molecule has 0 aliphatic heterocycles. The van der Waals surface area contributed by atoms with Crippen molar-refractivity contribution in [3.63, 3.8) is 0 Å². The van der Waals surface area contributed by atoms with Gasteiger partial charge < -0.3 is 5.73 Å². The molecule has 1 amide bonds. The maximum atomic E-state index is 13.1. The number of para-hydroxylation sites is 1. The Balaban J connectivity index is 1.56. The third-order valence-electron chi connectivity index (χ3n) is 5.97. The predicted octanol–water partition coefficient (Wildman–Crippen LogP) is 2.98. The van der Waals surface area contributed by atoms with E-state index in [1.807, 2.05) is 30.3 Å². The van der Waals surface area contributed by atoms with E-state index < -0.39 is 0 Å². The average Bonchev–Trinajstić information content (AvgIpc) is 2.51. The first-order valence-corrected chi connectivity index (χ1v) is 8.92. The number of rotatable bonds is 2. The van der Waals surface area contributed by atoms with Gasteiger partial charge in [0.05, 0.1) is 11.1 Å². The molecule has 3 N–H and O–H groups in total. The van der Waals surface area contributed by atoms with E-state index in [0.29, 0.717) is 0 Å². The van der Waals surface area contributed by atoms with Gasteiger partial charge in [0.1, 0.15) is 0 Å². The summed E-state index contributed by atoms with van der Waals surface area (Å²) in [4.78, 5) is 13.1. The van der Waals surface area contributed by atoms with Crippen molar-refractivity contribution in [1.82, 2.24) is 5.43 Å². The SMILES string of the molecule is NC(=S)N(NC(=O)C12CC3CC(CC(C3)C1)C2)c1ccccc1. The minimum Gasteiger partial charge on any atom is -0.374 e. The van der Waals surface area contributed by atoms with Gasteiger partial charge in [-0.2, -0.15) is 0 Å². The molecular weight excluding hydrogens is 306 g/mol. The van der Waals surface area contributed by atoms with Crippen molar-refractivity contribution >= 4 is 28.9 Å². The minimum absolute atomic E-state index is 0.105. The molecule has 0 unspecified atom stereocenters. The highest BCUT2D eigenvalue weighted by Gasteiger charge is 2.54. The molecule has 4 nitrogen and oxygen atoms in total. The summed E-state index contributed by atoms with van der Waals surface area (Å²) in [5.74, 6) is 2.32. The third kappa shape index (κ3) is 2.61. The Kier molecular flexibility index (Phi) is 3.56. The van der Waals surface area contributed by atoms with Gasteiger partial charge in [0.25, 0.3) is 0 Å². The summed E-state index contributed by atoms with van der Waals surface area (Å²) in [5, 5.41) is 1.73. The van der Waals surface area contributed by atoms with Gasteiger partial charge in [-0.15, -0.1) is 0 Å². The lowest BCUT2D eigenvalue weighted by Gasteiger charge is -2.55. The summed E-state index contributed by atoms with van der Waals surface area (Å²) in [7, 11) is 0. The molecule has 4 saturated carbocycles. The smallest absolute Gasteiger partial charge is 0.245 e. The van der Waals surface area contributed by atoms with Gasteiger partial charge in [-0.1, -0.05) is 18.2 Å². The molecule has 122 valence electrons. The van der Waals surface area contributed by atoms with E-state index >= 15 is 0 Å². The second-order valence-corrected chi connectivity index (χ2v) is 8.07. The summed E-state index contributed by atoms with van der Waals surface area (Å²) >= 11 is 5.15. The molecule has 5 heteroatoms. The summed E-state index contributed by atoms with van der Waals surface area (Å²) in [5.41, 5.74) is 9.47. The number of hydrogen-bond donors (Lipinski definition) is 2. The number of carbonyl (C=O) groups excluding carboxylic acids is 1.